The fraction of sp³-hybridized carbons (Fsp3) is 0.333. The van der Waals surface area contributed by atoms with Crippen molar-refractivity contribution < 1.29 is 0 Å². The van der Waals surface area contributed by atoms with E-state index in [1.165, 1.54) is 27.7 Å². The molecule has 4 rings (SSSR count). The van der Waals surface area contributed by atoms with Crippen LogP contribution in [0.25, 0.3) is 10.9 Å². The summed E-state index contributed by atoms with van der Waals surface area (Å²) in [6.07, 6.45) is 4.22. The molecule has 0 aliphatic carbocycles. The Morgan fingerprint density at radius 2 is 1.96 bits per heavy atom. The van der Waals surface area contributed by atoms with Crippen LogP contribution in [0.4, 0.5) is 5.69 Å². The van der Waals surface area contributed by atoms with E-state index in [9.17, 15) is 0 Å². The smallest absolute Gasteiger partial charge is 0.0455 e. The van der Waals surface area contributed by atoms with Crippen LogP contribution in [-0.4, -0.2) is 30.7 Å². The molecule has 1 aromatic heterocycles. The van der Waals surface area contributed by atoms with Gasteiger partial charge in [-0.1, -0.05) is 31.2 Å². The second kappa shape index (κ2) is 6.70. The molecule has 2 aromatic carbocycles. The molecule has 24 heavy (non-hydrogen) atoms. The molecule has 1 aliphatic rings. The van der Waals surface area contributed by atoms with Gasteiger partial charge >= 0.3 is 0 Å². The van der Waals surface area contributed by atoms with Crippen LogP contribution in [0.5, 0.6) is 0 Å². The van der Waals surface area contributed by atoms with Gasteiger partial charge in [0.2, 0.25) is 0 Å². The number of hydrogen-bond donors (Lipinski definition) is 2. The first-order valence-corrected chi connectivity index (χ1v) is 8.96. The minimum Gasteiger partial charge on any atom is -0.366 e. The zero-order chi connectivity index (χ0) is 16.4. The third kappa shape index (κ3) is 2.92. The van der Waals surface area contributed by atoms with Crippen LogP contribution in [0.15, 0.2) is 54.7 Å². The summed E-state index contributed by atoms with van der Waals surface area (Å²) in [6.45, 7) is 5.41. The molecule has 0 bridgehead atoms. The highest BCUT2D eigenvalue weighted by molar-refractivity contribution is 5.83. The van der Waals surface area contributed by atoms with Crippen LogP contribution in [0.2, 0.25) is 0 Å². The molecule has 0 radical (unpaired) electrons. The number of benzene rings is 2. The molecule has 2 heterocycles. The Kier molecular flexibility index (Phi) is 4.26. The Labute approximate surface area is 143 Å². The maximum Gasteiger partial charge on any atom is 0.0455 e. The number of fused-ring (bicyclic) bond motifs is 1. The van der Waals surface area contributed by atoms with E-state index in [-0.39, 0.29) is 0 Å². The van der Waals surface area contributed by atoms with Crippen LogP contribution < -0.4 is 10.2 Å². The second-order valence-electron chi connectivity index (χ2n) is 6.63. The van der Waals surface area contributed by atoms with Crippen molar-refractivity contribution in [2.45, 2.75) is 25.8 Å². The molecule has 1 saturated heterocycles. The molecule has 3 nitrogen and oxygen atoms in total. The van der Waals surface area contributed by atoms with Gasteiger partial charge in [0.1, 0.15) is 0 Å². The van der Waals surface area contributed by atoms with Crippen molar-refractivity contribution in [2.24, 2.45) is 0 Å². The zero-order valence-electron chi connectivity index (χ0n) is 14.3. The predicted molar refractivity (Wildman–Crippen MR) is 102 cm³/mol. The summed E-state index contributed by atoms with van der Waals surface area (Å²) in [7, 11) is 0. The van der Waals surface area contributed by atoms with Gasteiger partial charge in [-0.05, 0) is 48.2 Å². The molecule has 1 aliphatic heterocycles. The monoisotopic (exact) mass is 319 g/mol. The summed E-state index contributed by atoms with van der Waals surface area (Å²) in [5.41, 5.74) is 5.51. The van der Waals surface area contributed by atoms with Crippen LogP contribution in [0, 0.1) is 0 Å². The number of hydrogen-bond acceptors (Lipinski definition) is 2. The molecule has 3 aromatic rings. The van der Waals surface area contributed by atoms with Crippen molar-refractivity contribution in [3.63, 3.8) is 0 Å². The van der Waals surface area contributed by atoms with Crippen LogP contribution in [0.3, 0.4) is 0 Å². The van der Waals surface area contributed by atoms with E-state index in [0.29, 0.717) is 6.04 Å². The number of nitrogens with one attached hydrogen (secondary N) is 2. The Hall–Kier alpha value is -2.26. The molecule has 1 unspecified atom stereocenters. The molecule has 0 saturated carbocycles. The van der Waals surface area contributed by atoms with Gasteiger partial charge in [-0.2, -0.15) is 0 Å². The van der Waals surface area contributed by atoms with Crippen LogP contribution in [0.1, 0.15) is 18.1 Å². The minimum atomic E-state index is 0.503. The number of aromatic amines is 1. The largest absolute Gasteiger partial charge is 0.366 e. The summed E-state index contributed by atoms with van der Waals surface area (Å²) in [5, 5.41) is 4.87. The molecule has 1 fully saturated rings. The fourth-order valence-corrected chi connectivity index (χ4v) is 3.86. The average Bonchev–Trinajstić information content (AvgIpc) is 3.10. The molecule has 0 spiro atoms. The Morgan fingerprint density at radius 1 is 1.08 bits per heavy atom. The maximum atomic E-state index is 3.58. The SMILES string of the molecule is CCc1ccccc1CC1CNCCN1c1ccc2[nH]ccc2c1. The lowest BCUT2D eigenvalue weighted by Gasteiger charge is -2.38. The van der Waals surface area contributed by atoms with Crippen molar-refractivity contribution in [1.82, 2.24) is 10.3 Å². The predicted octanol–water partition coefficient (Wildman–Crippen LogP) is 3.75. The standard InChI is InChI=1S/C21H25N3/c1-2-16-5-3-4-6-17(16)13-20-15-22-11-12-24(20)19-7-8-21-18(14-19)9-10-23-21/h3-10,14,20,22-23H,2,11-13,15H2,1H3. The highest BCUT2D eigenvalue weighted by Gasteiger charge is 2.23. The number of anilines is 1. The Morgan fingerprint density at radius 3 is 2.83 bits per heavy atom. The lowest BCUT2D eigenvalue weighted by Crippen LogP contribution is -2.52. The van der Waals surface area contributed by atoms with Crippen molar-refractivity contribution in [3.05, 3.63) is 65.9 Å². The van der Waals surface area contributed by atoms with Crippen LogP contribution in [-0.2, 0) is 12.8 Å². The molecule has 3 heteroatoms. The third-order valence-corrected chi connectivity index (χ3v) is 5.17. The van der Waals surface area contributed by atoms with Gasteiger partial charge in [0.15, 0.2) is 0 Å². The van der Waals surface area contributed by atoms with E-state index in [2.05, 4.69) is 70.7 Å². The second-order valence-corrected chi connectivity index (χ2v) is 6.63. The normalized spacial score (nSPS) is 18.2. The number of nitrogens with zero attached hydrogens (tertiary/aromatic N) is 1. The van der Waals surface area contributed by atoms with E-state index in [1.54, 1.807) is 0 Å². The Balaban J connectivity index is 1.62. The minimum absolute atomic E-state index is 0.503. The zero-order valence-corrected chi connectivity index (χ0v) is 14.3. The maximum absolute atomic E-state index is 3.58. The van der Waals surface area contributed by atoms with Gasteiger partial charge in [-0.15, -0.1) is 0 Å². The van der Waals surface area contributed by atoms with Crippen molar-refractivity contribution in [2.75, 3.05) is 24.5 Å². The van der Waals surface area contributed by atoms with E-state index < -0.39 is 0 Å². The Bertz CT molecular complexity index is 821. The van der Waals surface area contributed by atoms with E-state index >= 15 is 0 Å². The number of piperazine rings is 1. The first-order chi connectivity index (χ1) is 11.8. The van der Waals surface area contributed by atoms with Crippen molar-refractivity contribution >= 4 is 16.6 Å². The van der Waals surface area contributed by atoms with Gasteiger partial charge in [0, 0.05) is 48.5 Å². The highest BCUT2D eigenvalue weighted by Crippen LogP contribution is 2.25. The number of H-pyrrole nitrogens is 1. The van der Waals surface area contributed by atoms with Crippen molar-refractivity contribution in [1.29, 1.82) is 0 Å². The number of rotatable bonds is 4. The summed E-state index contributed by atoms with van der Waals surface area (Å²) < 4.78 is 0. The number of aryl methyl sites for hydroxylation is 1. The summed E-state index contributed by atoms with van der Waals surface area (Å²) in [5.74, 6) is 0. The van der Waals surface area contributed by atoms with Gasteiger partial charge in [0.25, 0.3) is 0 Å². The summed E-state index contributed by atoms with van der Waals surface area (Å²) >= 11 is 0. The molecule has 124 valence electrons. The summed E-state index contributed by atoms with van der Waals surface area (Å²) in [4.78, 5) is 5.86. The van der Waals surface area contributed by atoms with Gasteiger partial charge < -0.3 is 15.2 Å². The van der Waals surface area contributed by atoms with E-state index in [4.69, 9.17) is 0 Å². The fourth-order valence-electron chi connectivity index (χ4n) is 3.86. The quantitative estimate of drug-likeness (QED) is 0.767. The molecule has 1 atom stereocenters. The third-order valence-electron chi connectivity index (χ3n) is 5.17. The first-order valence-electron chi connectivity index (χ1n) is 8.96. The molecular formula is C21H25N3. The number of aromatic nitrogens is 1. The molecule has 2 N–H and O–H groups in total. The lowest BCUT2D eigenvalue weighted by atomic mass is 9.96. The van der Waals surface area contributed by atoms with Gasteiger partial charge in [0.05, 0.1) is 0 Å². The van der Waals surface area contributed by atoms with Gasteiger partial charge in [-0.25, -0.2) is 0 Å². The first kappa shape index (κ1) is 15.3. The highest BCUT2D eigenvalue weighted by atomic mass is 15.2. The van der Waals surface area contributed by atoms with E-state index in [1.807, 2.05) is 6.20 Å². The van der Waals surface area contributed by atoms with E-state index in [0.717, 1.165) is 32.5 Å². The van der Waals surface area contributed by atoms with Crippen molar-refractivity contribution in [3.8, 4) is 0 Å². The molecule has 0 amide bonds. The van der Waals surface area contributed by atoms with Crippen LogP contribution >= 0.6 is 0 Å². The molecular weight excluding hydrogens is 294 g/mol. The topological polar surface area (TPSA) is 31.1 Å². The summed E-state index contributed by atoms with van der Waals surface area (Å²) in [6, 6.07) is 18.3. The average molecular weight is 319 g/mol. The van der Waals surface area contributed by atoms with Gasteiger partial charge in [-0.3, -0.25) is 0 Å². The lowest BCUT2D eigenvalue weighted by molar-refractivity contribution is 0.473.